The molecule has 11 heteroatoms. The number of hydrogen-bond donors (Lipinski definition) is 2. The fourth-order valence-corrected chi connectivity index (χ4v) is 5.25. The molecule has 37 heavy (non-hydrogen) atoms. The first kappa shape index (κ1) is 26.7. The minimum atomic E-state index is -5.08. The van der Waals surface area contributed by atoms with Crippen LogP contribution in [0.4, 0.5) is 18.9 Å². The predicted molar refractivity (Wildman–Crippen MR) is 137 cm³/mol. The van der Waals surface area contributed by atoms with Gasteiger partial charge in [0.25, 0.3) is 0 Å². The lowest BCUT2D eigenvalue weighted by molar-refractivity contribution is -0.175. The summed E-state index contributed by atoms with van der Waals surface area (Å²) in [5.41, 5.74) is 1.01. The fourth-order valence-electron chi connectivity index (χ4n) is 4.95. The van der Waals surface area contributed by atoms with Gasteiger partial charge in [0, 0.05) is 37.9 Å². The molecule has 0 saturated carbocycles. The average molecular weight is 535 g/mol. The number of likely N-dealkylation sites (tertiary alicyclic amines) is 2. The molecular formula is C26H29F3N4O3S. The summed E-state index contributed by atoms with van der Waals surface area (Å²) in [5.74, 6) is -1.94. The Morgan fingerprint density at radius 1 is 1.00 bits per heavy atom. The minimum absolute atomic E-state index is 0.132. The van der Waals surface area contributed by atoms with Gasteiger partial charge in [0.1, 0.15) is 11.8 Å². The van der Waals surface area contributed by atoms with Gasteiger partial charge in [0.2, 0.25) is 5.91 Å². The van der Waals surface area contributed by atoms with Crippen molar-refractivity contribution < 1.29 is 27.5 Å². The zero-order valence-electron chi connectivity index (χ0n) is 20.4. The largest absolute Gasteiger partial charge is 0.497 e. The lowest BCUT2D eigenvalue weighted by atomic mass is 9.78. The van der Waals surface area contributed by atoms with E-state index >= 15 is 0 Å². The zero-order valence-corrected chi connectivity index (χ0v) is 21.2. The number of anilines is 1. The number of carbonyl (C=O) groups is 2. The van der Waals surface area contributed by atoms with E-state index in [0.29, 0.717) is 36.9 Å². The third kappa shape index (κ3) is 6.33. The number of thiocarbonyl (C=S) groups is 1. The van der Waals surface area contributed by atoms with Gasteiger partial charge in [0.05, 0.1) is 7.11 Å². The molecule has 2 saturated heterocycles. The van der Waals surface area contributed by atoms with E-state index in [1.54, 1.807) is 42.3 Å². The summed E-state index contributed by atoms with van der Waals surface area (Å²) in [4.78, 5) is 28.7. The Kier molecular flexibility index (Phi) is 7.91. The van der Waals surface area contributed by atoms with Crippen LogP contribution in [0, 0.1) is 5.41 Å². The van der Waals surface area contributed by atoms with E-state index in [1.165, 1.54) is 0 Å². The van der Waals surface area contributed by atoms with Gasteiger partial charge in [-0.2, -0.15) is 13.2 Å². The van der Waals surface area contributed by atoms with Crippen molar-refractivity contribution in [1.29, 1.82) is 0 Å². The molecule has 2 aromatic rings. The Balaban J connectivity index is 1.38. The summed E-state index contributed by atoms with van der Waals surface area (Å²) in [6.45, 7) is 2.26. The maximum absolute atomic E-state index is 13.4. The number of benzene rings is 2. The second-order valence-corrected chi connectivity index (χ2v) is 9.86. The van der Waals surface area contributed by atoms with Gasteiger partial charge in [-0.25, -0.2) is 0 Å². The number of amides is 2. The Morgan fingerprint density at radius 3 is 2.27 bits per heavy atom. The standard InChI is InChI=1S/C26H29F3N4O3S/c1-36-20-9-5-8-19(16-20)30-24(37)32-13-10-25(11-14-32)12-15-33(17-25)22(34)21(18-6-3-2-4-7-18)31-23(35)26(27,28)29/h2-9,16,21H,10-15,17H2,1H3,(H,30,37)(H,31,35)/t21-/m0/s1. The van der Waals surface area contributed by atoms with Gasteiger partial charge < -0.3 is 25.2 Å². The van der Waals surface area contributed by atoms with Crippen molar-refractivity contribution in [2.24, 2.45) is 5.41 Å². The van der Waals surface area contributed by atoms with E-state index in [2.05, 4.69) is 10.2 Å². The van der Waals surface area contributed by atoms with Gasteiger partial charge in [0.15, 0.2) is 5.11 Å². The number of carbonyl (C=O) groups excluding carboxylic acids is 2. The molecule has 2 aliphatic heterocycles. The summed E-state index contributed by atoms with van der Waals surface area (Å²) in [7, 11) is 1.60. The first-order valence-corrected chi connectivity index (χ1v) is 12.4. The Hall–Kier alpha value is -3.34. The van der Waals surface area contributed by atoms with Crippen LogP contribution in [-0.4, -0.2) is 66.2 Å². The first-order valence-electron chi connectivity index (χ1n) is 12.0. The first-order chi connectivity index (χ1) is 17.6. The van der Waals surface area contributed by atoms with Crippen LogP contribution in [0.1, 0.15) is 30.9 Å². The van der Waals surface area contributed by atoms with Crippen molar-refractivity contribution in [1.82, 2.24) is 15.1 Å². The van der Waals surface area contributed by atoms with Crippen molar-refractivity contribution in [3.8, 4) is 5.75 Å². The molecule has 0 radical (unpaired) electrons. The van der Waals surface area contributed by atoms with Crippen molar-refractivity contribution >= 4 is 34.8 Å². The van der Waals surface area contributed by atoms with Crippen molar-refractivity contribution in [2.45, 2.75) is 31.5 Å². The molecule has 2 amide bonds. The lowest BCUT2D eigenvalue weighted by Crippen LogP contribution is -2.48. The molecule has 198 valence electrons. The highest BCUT2D eigenvalue weighted by molar-refractivity contribution is 7.80. The molecule has 0 unspecified atom stereocenters. The molecule has 1 spiro atoms. The van der Waals surface area contributed by atoms with Gasteiger partial charge in [-0.1, -0.05) is 36.4 Å². The van der Waals surface area contributed by atoms with Crippen LogP contribution in [0.15, 0.2) is 54.6 Å². The minimum Gasteiger partial charge on any atom is -0.497 e. The SMILES string of the molecule is COc1cccc(NC(=S)N2CCC3(CCN(C(=O)[C@@H](NC(=O)C(F)(F)F)c4ccccc4)C3)CC2)c1. The number of alkyl halides is 3. The second kappa shape index (κ2) is 11.0. The number of nitrogens with zero attached hydrogens (tertiary/aromatic N) is 2. The lowest BCUT2D eigenvalue weighted by Gasteiger charge is -2.40. The van der Waals surface area contributed by atoms with Gasteiger partial charge in [-0.15, -0.1) is 0 Å². The number of methoxy groups -OCH3 is 1. The highest BCUT2D eigenvalue weighted by Gasteiger charge is 2.46. The predicted octanol–water partition coefficient (Wildman–Crippen LogP) is 4.13. The normalized spacial score (nSPS) is 17.8. The third-order valence-corrected chi connectivity index (χ3v) is 7.46. The van der Waals surface area contributed by atoms with Crippen LogP contribution in [0.25, 0.3) is 0 Å². The molecular weight excluding hydrogens is 505 g/mol. The second-order valence-electron chi connectivity index (χ2n) is 9.47. The Bertz CT molecular complexity index is 1140. The quantitative estimate of drug-likeness (QED) is 0.563. The molecule has 2 aromatic carbocycles. The molecule has 1 atom stereocenters. The number of hydrogen-bond acceptors (Lipinski definition) is 4. The van der Waals surface area contributed by atoms with E-state index in [-0.39, 0.29) is 5.41 Å². The maximum atomic E-state index is 13.4. The van der Waals surface area contributed by atoms with Crippen LogP contribution in [0.2, 0.25) is 0 Å². The summed E-state index contributed by atoms with van der Waals surface area (Å²) >= 11 is 5.60. The molecule has 2 heterocycles. The highest BCUT2D eigenvalue weighted by Crippen LogP contribution is 2.41. The fraction of sp³-hybridized carbons (Fsp3) is 0.423. The Morgan fingerprint density at radius 2 is 1.65 bits per heavy atom. The molecule has 2 N–H and O–H groups in total. The summed E-state index contributed by atoms with van der Waals surface area (Å²) in [5, 5.41) is 5.74. The summed E-state index contributed by atoms with van der Waals surface area (Å²) < 4.78 is 44.1. The molecule has 0 bridgehead atoms. The maximum Gasteiger partial charge on any atom is 0.471 e. The van der Waals surface area contributed by atoms with E-state index in [0.717, 1.165) is 30.7 Å². The summed E-state index contributed by atoms with van der Waals surface area (Å²) in [6, 6.07) is 14.1. The van der Waals surface area contributed by atoms with Crippen LogP contribution in [0.3, 0.4) is 0 Å². The molecule has 2 fully saturated rings. The van der Waals surface area contributed by atoms with Crippen LogP contribution in [-0.2, 0) is 9.59 Å². The van der Waals surface area contributed by atoms with Gasteiger partial charge >= 0.3 is 12.1 Å². The Labute approximate surface area is 218 Å². The van der Waals surface area contributed by atoms with E-state index in [1.807, 2.05) is 29.6 Å². The number of nitrogens with one attached hydrogen (secondary N) is 2. The average Bonchev–Trinajstić information content (AvgIpc) is 3.30. The number of halogens is 3. The van der Waals surface area contributed by atoms with E-state index < -0.39 is 24.0 Å². The molecule has 7 nitrogen and oxygen atoms in total. The van der Waals surface area contributed by atoms with Gasteiger partial charge in [-0.05, 0) is 54.6 Å². The van der Waals surface area contributed by atoms with E-state index in [4.69, 9.17) is 17.0 Å². The molecule has 2 aliphatic rings. The number of rotatable bonds is 5. The molecule has 0 aliphatic carbocycles. The monoisotopic (exact) mass is 534 g/mol. The third-order valence-electron chi connectivity index (χ3n) is 7.10. The van der Waals surface area contributed by atoms with Crippen molar-refractivity contribution in [2.75, 3.05) is 38.6 Å². The number of piperidine rings is 1. The van der Waals surface area contributed by atoms with Gasteiger partial charge in [-0.3, -0.25) is 9.59 Å². The topological polar surface area (TPSA) is 73.9 Å². The van der Waals surface area contributed by atoms with Crippen LogP contribution >= 0.6 is 12.2 Å². The van der Waals surface area contributed by atoms with Crippen molar-refractivity contribution in [3.63, 3.8) is 0 Å². The molecule has 0 aromatic heterocycles. The zero-order chi connectivity index (χ0) is 26.6. The molecule has 4 rings (SSSR count). The van der Waals surface area contributed by atoms with Crippen molar-refractivity contribution in [3.05, 3.63) is 60.2 Å². The van der Waals surface area contributed by atoms with Crippen LogP contribution < -0.4 is 15.4 Å². The smallest absolute Gasteiger partial charge is 0.471 e. The summed E-state index contributed by atoms with van der Waals surface area (Å²) in [6.07, 6.45) is -2.75. The van der Waals surface area contributed by atoms with Crippen LogP contribution in [0.5, 0.6) is 5.75 Å². The number of ether oxygens (including phenoxy) is 1. The highest BCUT2D eigenvalue weighted by atomic mass is 32.1. The van der Waals surface area contributed by atoms with E-state index in [9.17, 15) is 22.8 Å².